The summed E-state index contributed by atoms with van der Waals surface area (Å²) in [5.41, 5.74) is 0.949. The van der Waals surface area contributed by atoms with Gasteiger partial charge in [-0.25, -0.2) is 14.6 Å². The molecule has 12 nitrogen and oxygen atoms in total. The molecule has 29 heavy (non-hydrogen) atoms. The normalized spacial score (nSPS) is 12.0. The number of carboxylic acids is 1. The molecule has 0 aliphatic rings. The molecule has 0 fully saturated rings. The summed E-state index contributed by atoms with van der Waals surface area (Å²) in [4.78, 5) is 53.4. The van der Waals surface area contributed by atoms with E-state index in [9.17, 15) is 29.6 Å². The molecule has 1 aromatic heterocycles. The largest absolute Gasteiger partial charge is 0.480 e. The van der Waals surface area contributed by atoms with Gasteiger partial charge in [-0.1, -0.05) is 10.8 Å². The molecule has 0 aliphatic heterocycles. The number of hydrogen-bond acceptors (Lipinski definition) is 10. The van der Waals surface area contributed by atoms with E-state index in [0.29, 0.717) is 0 Å². The van der Waals surface area contributed by atoms with Gasteiger partial charge in [0.05, 0.1) is 4.92 Å². The summed E-state index contributed by atoms with van der Waals surface area (Å²) in [5.74, 6) is -2.19. The van der Waals surface area contributed by atoms with Gasteiger partial charge in [-0.05, 0) is 37.6 Å². The third-order valence-electron chi connectivity index (χ3n) is 2.71. The van der Waals surface area contributed by atoms with Crippen molar-refractivity contribution in [2.45, 2.75) is 37.4 Å². The molecule has 0 saturated heterocycles. The van der Waals surface area contributed by atoms with Gasteiger partial charge in [-0.15, -0.1) is 0 Å². The van der Waals surface area contributed by atoms with E-state index in [-0.39, 0.29) is 16.5 Å². The van der Waals surface area contributed by atoms with Gasteiger partial charge in [0, 0.05) is 18.0 Å². The topological polar surface area (TPSA) is 170 Å². The molecular formula is C15H20N4O8S2. The molecule has 0 unspecified atom stereocenters. The number of ether oxygens (including phenoxy) is 1. The van der Waals surface area contributed by atoms with Crippen LogP contribution in [0.3, 0.4) is 0 Å². The molecule has 14 heteroatoms. The summed E-state index contributed by atoms with van der Waals surface area (Å²) in [5, 5.41) is 22.5. The second-order valence-corrected chi connectivity index (χ2v) is 8.63. The lowest BCUT2D eigenvalue weighted by Crippen LogP contribution is -2.45. The van der Waals surface area contributed by atoms with Crippen molar-refractivity contribution in [1.82, 2.24) is 15.8 Å². The van der Waals surface area contributed by atoms with Crippen LogP contribution in [0.4, 0.5) is 10.5 Å². The van der Waals surface area contributed by atoms with Gasteiger partial charge in [0.2, 0.25) is 5.91 Å². The Kier molecular flexibility index (Phi) is 9.64. The number of aliphatic carboxylic acids is 1. The second-order valence-electron chi connectivity index (χ2n) is 6.30. The van der Waals surface area contributed by atoms with Crippen LogP contribution in [0.25, 0.3) is 0 Å². The molecule has 160 valence electrons. The number of hydroxylamine groups is 1. The zero-order chi connectivity index (χ0) is 22.0. The highest BCUT2D eigenvalue weighted by atomic mass is 33.1. The van der Waals surface area contributed by atoms with Crippen molar-refractivity contribution in [3.63, 3.8) is 0 Å². The molecule has 0 saturated carbocycles. The van der Waals surface area contributed by atoms with E-state index in [1.165, 1.54) is 18.3 Å². The fourth-order valence-corrected chi connectivity index (χ4v) is 3.82. The molecule has 1 atom stereocenters. The Balaban J connectivity index is 2.45. The molecule has 0 radical (unpaired) electrons. The molecular weight excluding hydrogens is 428 g/mol. The Bertz CT molecular complexity index is 756. The summed E-state index contributed by atoms with van der Waals surface area (Å²) in [7, 11) is 1.89. The standard InChI is InChI=1S/C15H20N4O8S2/c1-15(2,3)27-14(23)18-26-7-11(20)17-9(13(21)22)8-28-29-12-10(19(24)25)5-4-6-16-12/h4-6,9H,7-8H2,1-3H3,(H,17,20)(H,18,23)(H,21,22)/t9-/m0/s1. The van der Waals surface area contributed by atoms with Crippen LogP contribution in [0.5, 0.6) is 0 Å². The summed E-state index contributed by atoms with van der Waals surface area (Å²) in [6.45, 7) is 4.30. The van der Waals surface area contributed by atoms with E-state index in [2.05, 4.69) is 15.1 Å². The van der Waals surface area contributed by atoms with E-state index in [4.69, 9.17) is 4.74 Å². The summed E-state index contributed by atoms with van der Waals surface area (Å²) in [6.07, 6.45) is 0.477. The van der Waals surface area contributed by atoms with Crippen LogP contribution in [0, 0.1) is 10.1 Å². The zero-order valence-corrected chi connectivity index (χ0v) is 17.4. The quantitative estimate of drug-likeness (QED) is 0.271. The van der Waals surface area contributed by atoms with E-state index >= 15 is 0 Å². The van der Waals surface area contributed by atoms with Crippen molar-refractivity contribution in [3.05, 3.63) is 28.4 Å². The number of pyridine rings is 1. The number of aromatic nitrogens is 1. The number of nitrogens with one attached hydrogen (secondary N) is 2. The van der Waals surface area contributed by atoms with Crippen LogP contribution in [0.1, 0.15) is 20.8 Å². The highest BCUT2D eigenvalue weighted by Gasteiger charge is 2.22. The molecule has 2 amide bonds. The van der Waals surface area contributed by atoms with Gasteiger partial charge in [0.1, 0.15) is 11.6 Å². The molecule has 0 spiro atoms. The third kappa shape index (κ3) is 9.96. The number of amides is 2. The summed E-state index contributed by atoms with van der Waals surface area (Å²) < 4.78 is 4.90. The minimum Gasteiger partial charge on any atom is -0.480 e. The van der Waals surface area contributed by atoms with Crippen LogP contribution < -0.4 is 10.8 Å². The van der Waals surface area contributed by atoms with Gasteiger partial charge in [-0.3, -0.25) is 19.7 Å². The number of hydrogen-bond donors (Lipinski definition) is 3. The first-order chi connectivity index (χ1) is 13.5. The minimum atomic E-state index is -1.30. The monoisotopic (exact) mass is 448 g/mol. The highest BCUT2D eigenvalue weighted by Crippen LogP contribution is 2.35. The Morgan fingerprint density at radius 1 is 1.38 bits per heavy atom. The van der Waals surface area contributed by atoms with Crippen molar-refractivity contribution >= 4 is 45.2 Å². The molecule has 1 aromatic rings. The maximum absolute atomic E-state index is 11.8. The molecule has 0 aromatic carbocycles. The van der Waals surface area contributed by atoms with E-state index in [0.717, 1.165) is 21.6 Å². The predicted molar refractivity (Wildman–Crippen MR) is 104 cm³/mol. The molecule has 1 heterocycles. The summed E-state index contributed by atoms with van der Waals surface area (Å²) >= 11 is 0. The van der Waals surface area contributed by atoms with Crippen LogP contribution in [-0.2, 0) is 19.2 Å². The molecule has 0 aliphatic carbocycles. The Labute approximate surface area is 173 Å². The van der Waals surface area contributed by atoms with Crippen LogP contribution >= 0.6 is 21.6 Å². The van der Waals surface area contributed by atoms with E-state index < -0.39 is 41.1 Å². The smallest absolute Gasteiger partial charge is 0.431 e. The maximum atomic E-state index is 11.8. The number of rotatable bonds is 10. The van der Waals surface area contributed by atoms with Crippen molar-refractivity contribution < 1.29 is 34.0 Å². The highest BCUT2D eigenvalue weighted by molar-refractivity contribution is 8.76. The molecule has 3 N–H and O–H groups in total. The van der Waals surface area contributed by atoms with Gasteiger partial charge in [0.15, 0.2) is 11.6 Å². The van der Waals surface area contributed by atoms with Crippen LogP contribution in [0.2, 0.25) is 0 Å². The van der Waals surface area contributed by atoms with Gasteiger partial charge < -0.3 is 15.2 Å². The van der Waals surface area contributed by atoms with E-state index in [1.54, 1.807) is 20.8 Å². The van der Waals surface area contributed by atoms with Crippen molar-refractivity contribution in [3.8, 4) is 0 Å². The van der Waals surface area contributed by atoms with Gasteiger partial charge >= 0.3 is 17.7 Å². The van der Waals surface area contributed by atoms with Crippen molar-refractivity contribution in [1.29, 1.82) is 0 Å². The average molecular weight is 448 g/mol. The van der Waals surface area contributed by atoms with Crippen molar-refractivity contribution in [2.75, 3.05) is 12.4 Å². The number of carboxylic acid groups (broad SMARTS) is 1. The van der Waals surface area contributed by atoms with Crippen LogP contribution in [0.15, 0.2) is 23.4 Å². The Hall–Kier alpha value is -2.58. The average Bonchev–Trinajstić information content (AvgIpc) is 2.59. The van der Waals surface area contributed by atoms with Gasteiger partial charge in [-0.2, -0.15) is 5.48 Å². The minimum absolute atomic E-state index is 0.0983. The third-order valence-corrected chi connectivity index (χ3v) is 5.01. The fraction of sp³-hybridized carbons (Fsp3) is 0.467. The zero-order valence-electron chi connectivity index (χ0n) is 15.7. The Morgan fingerprint density at radius 3 is 2.66 bits per heavy atom. The number of nitrogens with zero attached hydrogens (tertiary/aromatic N) is 2. The second kappa shape index (κ2) is 11.4. The maximum Gasteiger partial charge on any atom is 0.431 e. The lowest BCUT2D eigenvalue weighted by molar-refractivity contribution is -0.388. The first-order valence-corrected chi connectivity index (χ1v) is 10.3. The SMILES string of the molecule is CC(C)(C)OC(=O)NOCC(=O)N[C@@H](CSSc1ncccc1[N+](=O)[O-])C(=O)O. The van der Waals surface area contributed by atoms with Crippen LogP contribution in [-0.4, -0.2) is 57.0 Å². The lowest BCUT2D eigenvalue weighted by Gasteiger charge is -2.19. The number of carbonyl (C=O) groups is 3. The first kappa shape index (κ1) is 24.5. The fourth-order valence-electron chi connectivity index (χ4n) is 1.61. The molecule has 0 bridgehead atoms. The summed E-state index contributed by atoms with van der Waals surface area (Å²) in [6, 6.07) is 1.41. The van der Waals surface area contributed by atoms with E-state index in [1.807, 2.05) is 5.48 Å². The Morgan fingerprint density at radius 2 is 2.07 bits per heavy atom. The number of nitro groups is 1. The van der Waals surface area contributed by atoms with Gasteiger partial charge in [0.25, 0.3) is 0 Å². The number of carbonyl (C=O) groups excluding carboxylic acids is 2. The first-order valence-electron chi connectivity index (χ1n) is 8.01. The van der Waals surface area contributed by atoms with Crippen molar-refractivity contribution in [2.24, 2.45) is 0 Å². The molecule has 1 rings (SSSR count). The lowest BCUT2D eigenvalue weighted by atomic mass is 10.2. The predicted octanol–water partition coefficient (Wildman–Crippen LogP) is 1.76.